The summed E-state index contributed by atoms with van der Waals surface area (Å²) >= 11 is 0. The SMILES string of the molecule is CC[C@@H](C)CC(CC1(C)CCCC1)C(=O)[N-]C.[K+]. The Morgan fingerprint density at radius 3 is 2.33 bits per heavy atom. The first-order valence-electron chi connectivity index (χ1n) is 7.14. The molecule has 0 saturated heterocycles. The second-order valence-electron chi connectivity index (χ2n) is 6.23. The van der Waals surface area contributed by atoms with Crippen molar-refractivity contribution in [1.82, 2.24) is 0 Å². The van der Waals surface area contributed by atoms with Crippen LogP contribution >= 0.6 is 0 Å². The van der Waals surface area contributed by atoms with E-state index >= 15 is 0 Å². The van der Waals surface area contributed by atoms with Crippen LogP contribution in [0.25, 0.3) is 5.32 Å². The Morgan fingerprint density at radius 2 is 1.89 bits per heavy atom. The van der Waals surface area contributed by atoms with E-state index in [1.807, 2.05) is 0 Å². The maximum atomic E-state index is 11.9. The normalized spacial score (nSPS) is 20.9. The summed E-state index contributed by atoms with van der Waals surface area (Å²) in [7, 11) is 1.64. The molecule has 1 aliphatic rings. The van der Waals surface area contributed by atoms with Gasteiger partial charge in [-0.1, -0.05) is 40.0 Å². The van der Waals surface area contributed by atoms with Crippen LogP contribution < -0.4 is 51.4 Å². The van der Waals surface area contributed by atoms with Gasteiger partial charge in [-0.25, -0.2) is 0 Å². The standard InChI is InChI=1S/C15H29NO.K/c1-5-12(2)10-13(14(17)16-4)11-15(3)8-6-7-9-15;/h12-13H,5-11H2,1-4H3,(H,16,17);/q;+1/p-1/t12-,13?;/m1./s1. The molecule has 18 heavy (non-hydrogen) atoms. The molecule has 0 aromatic heterocycles. The third-order valence-electron chi connectivity index (χ3n) is 4.50. The first-order valence-corrected chi connectivity index (χ1v) is 7.14. The fourth-order valence-electron chi connectivity index (χ4n) is 3.13. The van der Waals surface area contributed by atoms with Crippen LogP contribution in [0.15, 0.2) is 0 Å². The van der Waals surface area contributed by atoms with E-state index < -0.39 is 0 Å². The fraction of sp³-hybridized carbons (Fsp3) is 0.933. The topological polar surface area (TPSA) is 31.2 Å². The third-order valence-corrected chi connectivity index (χ3v) is 4.50. The average molecular weight is 277 g/mol. The van der Waals surface area contributed by atoms with Gasteiger partial charge in [-0.05, 0) is 37.0 Å². The molecule has 1 unspecified atom stereocenters. The summed E-state index contributed by atoms with van der Waals surface area (Å²) in [5.41, 5.74) is 0.401. The van der Waals surface area contributed by atoms with Crippen LogP contribution in [0.5, 0.6) is 0 Å². The van der Waals surface area contributed by atoms with Gasteiger partial charge in [-0.15, -0.1) is 7.05 Å². The van der Waals surface area contributed by atoms with Crippen molar-refractivity contribution in [2.45, 2.75) is 65.7 Å². The Balaban J connectivity index is 0.00000289. The van der Waals surface area contributed by atoms with Crippen molar-refractivity contribution >= 4 is 5.91 Å². The zero-order valence-corrected chi connectivity index (χ0v) is 16.1. The molecular weight excluding hydrogens is 249 g/mol. The van der Waals surface area contributed by atoms with Crippen LogP contribution in [0.2, 0.25) is 0 Å². The molecule has 1 fully saturated rings. The molecule has 2 atom stereocenters. The van der Waals surface area contributed by atoms with Gasteiger partial charge in [0, 0.05) is 5.92 Å². The summed E-state index contributed by atoms with van der Waals surface area (Å²) in [5, 5.41) is 3.91. The van der Waals surface area contributed by atoms with Crippen LogP contribution in [0.1, 0.15) is 65.7 Å². The van der Waals surface area contributed by atoms with E-state index in [1.165, 1.54) is 25.7 Å². The number of nitrogens with zero attached hydrogens (tertiary/aromatic N) is 1. The number of carbonyl (C=O) groups excluding carboxylic acids is 1. The van der Waals surface area contributed by atoms with Crippen molar-refractivity contribution in [2.24, 2.45) is 17.3 Å². The Hall–Kier alpha value is 1.11. The van der Waals surface area contributed by atoms with E-state index in [4.69, 9.17) is 0 Å². The molecular formula is C15H28KNO. The molecule has 1 saturated carbocycles. The molecule has 100 valence electrons. The van der Waals surface area contributed by atoms with Gasteiger partial charge in [0.05, 0.1) is 5.91 Å². The van der Waals surface area contributed by atoms with Gasteiger partial charge in [0.15, 0.2) is 0 Å². The monoisotopic (exact) mass is 277 g/mol. The van der Waals surface area contributed by atoms with Gasteiger partial charge >= 0.3 is 51.4 Å². The molecule has 3 heteroatoms. The smallest absolute Gasteiger partial charge is 0.656 e. The van der Waals surface area contributed by atoms with Crippen molar-refractivity contribution in [1.29, 1.82) is 0 Å². The molecule has 0 bridgehead atoms. The first kappa shape index (κ1) is 19.1. The average Bonchev–Trinajstić information content (AvgIpc) is 2.73. The molecule has 1 amide bonds. The number of carbonyl (C=O) groups is 1. The predicted molar refractivity (Wildman–Crippen MR) is 73.0 cm³/mol. The van der Waals surface area contributed by atoms with Crippen LogP contribution in [-0.4, -0.2) is 13.0 Å². The van der Waals surface area contributed by atoms with Crippen molar-refractivity contribution in [3.8, 4) is 0 Å². The first-order chi connectivity index (χ1) is 8.00. The Labute approximate surface area is 155 Å². The summed E-state index contributed by atoms with van der Waals surface area (Å²) in [5.74, 6) is 0.923. The maximum absolute atomic E-state index is 11.9. The van der Waals surface area contributed by atoms with Crippen molar-refractivity contribution in [2.75, 3.05) is 7.05 Å². The zero-order valence-electron chi connectivity index (χ0n) is 13.0. The minimum absolute atomic E-state index is 0. The third kappa shape index (κ3) is 6.04. The van der Waals surface area contributed by atoms with E-state index in [0.717, 1.165) is 19.3 Å². The second kappa shape index (κ2) is 9.12. The van der Waals surface area contributed by atoms with Crippen LogP contribution in [0.3, 0.4) is 0 Å². The molecule has 1 aliphatic carbocycles. The Kier molecular flexibility index (Phi) is 9.68. The number of hydrogen-bond acceptors (Lipinski definition) is 1. The van der Waals surface area contributed by atoms with Crippen LogP contribution in [-0.2, 0) is 4.79 Å². The summed E-state index contributed by atoms with van der Waals surface area (Å²) in [6.45, 7) is 6.80. The van der Waals surface area contributed by atoms with Gasteiger partial charge in [-0.3, -0.25) is 0 Å². The minimum Gasteiger partial charge on any atom is -0.656 e. The predicted octanol–water partition coefficient (Wildman–Crippen LogP) is 1.54. The maximum Gasteiger partial charge on any atom is 1.00 e. The van der Waals surface area contributed by atoms with Crippen molar-refractivity contribution in [3.05, 3.63) is 5.32 Å². The van der Waals surface area contributed by atoms with E-state index in [1.54, 1.807) is 7.05 Å². The summed E-state index contributed by atoms with van der Waals surface area (Å²) in [6, 6.07) is 0. The molecule has 0 N–H and O–H groups in total. The van der Waals surface area contributed by atoms with Gasteiger partial charge in [0.2, 0.25) is 0 Å². The Bertz CT molecular complexity index is 249. The summed E-state index contributed by atoms with van der Waals surface area (Å²) in [6.07, 6.45) is 8.48. The summed E-state index contributed by atoms with van der Waals surface area (Å²) < 4.78 is 0. The molecule has 0 spiro atoms. The van der Waals surface area contributed by atoms with Crippen molar-refractivity contribution in [3.63, 3.8) is 0 Å². The fourth-order valence-corrected chi connectivity index (χ4v) is 3.13. The quantitative estimate of drug-likeness (QED) is 0.678. The minimum atomic E-state index is 0. The molecule has 0 aromatic carbocycles. The van der Waals surface area contributed by atoms with Crippen molar-refractivity contribution < 1.29 is 56.2 Å². The molecule has 2 nitrogen and oxygen atoms in total. The number of rotatable bonds is 6. The molecule has 0 radical (unpaired) electrons. The number of amides is 1. The van der Waals surface area contributed by atoms with Crippen LogP contribution in [0.4, 0.5) is 0 Å². The van der Waals surface area contributed by atoms with E-state index in [9.17, 15) is 4.79 Å². The van der Waals surface area contributed by atoms with E-state index in [2.05, 4.69) is 26.1 Å². The molecule has 0 aromatic rings. The second-order valence-corrected chi connectivity index (χ2v) is 6.23. The van der Waals surface area contributed by atoms with E-state index in [0.29, 0.717) is 11.3 Å². The van der Waals surface area contributed by atoms with Gasteiger partial charge in [0.1, 0.15) is 0 Å². The van der Waals surface area contributed by atoms with E-state index in [-0.39, 0.29) is 63.2 Å². The largest absolute Gasteiger partial charge is 1.00 e. The van der Waals surface area contributed by atoms with Gasteiger partial charge < -0.3 is 10.1 Å². The van der Waals surface area contributed by atoms with Gasteiger partial charge in [-0.2, -0.15) is 0 Å². The zero-order chi connectivity index (χ0) is 12.9. The van der Waals surface area contributed by atoms with Gasteiger partial charge in [0.25, 0.3) is 0 Å². The molecule has 0 aliphatic heterocycles. The Morgan fingerprint density at radius 1 is 1.33 bits per heavy atom. The molecule has 1 rings (SSSR count). The van der Waals surface area contributed by atoms with Crippen LogP contribution in [0, 0.1) is 17.3 Å². The molecule has 0 heterocycles. The summed E-state index contributed by atoms with van der Waals surface area (Å²) in [4.78, 5) is 11.9. The number of hydrogen-bond donors (Lipinski definition) is 0.